The number of rotatable bonds is 0. The number of urea groups is 1. The van der Waals surface area contributed by atoms with Crippen molar-refractivity contribution in [2.24, 2.45) is 0 Å². The van der Waals surface area contributed by atoms with E-state index in [1.165, 1.54) is 123 Å². The molecule has 0 aromatic heterocycles. The fourth-order valence-corrected chi connectivity index (χ4v) is 2.63. The second kappa shape index (κ2) is 98.7. The van der Waals surface area contributed by atoms with E-state index < -0.39 is 9.84 Å². The number of Topliss-reactive ketones (excluding diaryl/α,β-unsaturated/α-hetero) is 1. The third kappa shape index (κ3) is 221. The molecule has 0 fully saturated rings. The summed E-state index contributed by atoms with van der Waals surface area (Å²) in [6, 6.07) is 0.0185. The molecule has 602 valence electrons. The van der Waals surface area contributed by atoms with Crippen molar-refractivity contribution < 1.29 is 89.5 Å². The molecule has 0 heterocycles. The number of carbonyl (C=O) groups excluding carboxylic acids is 10. The van der Waals surface area contributed by atoms with Crippen molar-refractivity contribution in [2.75, 3.05) is 285 Å². The van der Waals surface area contributed by atoms with E-state index in [-0.39, 0.29) is 58.2 Å². The highest BCUT2D eigenvalue weighted by atomic mass is 32.2. The predicted molar refractivity (Wildman–Crippen MR) is 430 cm³/mol. The number of methoxy groups -OCH3 is 7. The SMILES string of the molecule is CC(=O)N(C)C.CC(=O)N(C)C.CC(C)=O.CN(C)C.CN(C)C(=O)N(C)C.CN(C)C(=S)N(C)C.COC.COC(=O)N(C)C.COC(=O)N(C)C.COC(=S)N(C)C.COC(=S)N(C)C.COC(C)=O.COC(C)=O.CS(C)(=O)=O.CSC.CSC(=O)N(C)C.CSC(=O)N(C)C. The first-order valence-corrected chi connectivity index (χ1v) is 35.7. The van der Waals surface area contributed by atoms with E-state index in [2.05, 4.69) is 57.6 Å². The minimum Gasteiger partial charge on any atom is -0.474 e. The highest BCUT2D eigenvalue weighted by Crippen LogP contribution is 1.98. The summed E-state index contributed by atoms with van der Waals surface area (Å²) in [5.41, 5.74) is 0. The quantitative estimate of drug-likeness (QED) is 0.142. The minimum atomic E-state index is -2.67. The van der Waals surface area contributed by atoms with Crippen molar-refractivity contribution in [2.45, 2.75) is 41.5 Å². The van der Waals surface area contributed by atoms with E-state index in [4.69, 9.17) is 12.2 Å². The minimum absolute atomic E-state index is 0.0185. The zero-order valence-electron chi connectivity index (χ0n) is 69.9. The topological polar surface area (TPSA) is 312 Å². The van der Waals surface area contributed by atoms with Crippen molar-refractivity contribution >= 4 is 155 Å². The van der Waals surface area contributed by atoms with Gasteiger partial charge in [0.1, 0.15) is 15.6 Å². The van der Waals surface area contributed by atoms with Gasteiger partial charge < -0.3 is 102 Å². The highest BCUT2D eigenvalue weighted by molar-refractivity contribution is 8.13. The molecule has 0 N–H and O–H groups in total. The van der Waals surface area contributed by atoms with Crippen LogP contribution in [-0.2, 0) is 67.0 Å². The average molecular weight is 1570 g/mol. The normalized spacial score (nSPS) is 8.00. The molecule has 0 aromatic carbocycles. The summed E-state index contributed by atoms with van der Waals surface area (Å²) in [6.45, 7) is 8.83. The van der Waals surface area contributed by atoms with Gasteiger partial charge in [0, 0.05) is 224 Å². The zero-order valence-corrected chi connectivity index (χ0v) is 75.6. The Kier molecular flexibility index (Phi) is 136. The average Bonchev–Trinajstić information content (AvgIpc) is 3.55. The summed E-state index contributed by atoms with van der Waals surface area (Å²) < 4.78 is 49.7. The van der Waals surface area contributed by atoms with Crippen LogP contribution in [0.1, 0.15) is 41.5 Å². The van der Waals surface area contributed by atoms with E-state index in [1.807, 2.05) is 105 Å². The highest BCUT2D eigenvalue weighted by Gasteiger charge is 2.03. The van der Waals surface area contributed by atoms with Crippen LogP contribution >= 0.6 is 71.9 Å². The first-order chi connectivity index (χ1) is 44.3. The Balaban J connectivity index is -0.0000000484. The Labute approximate surface area is 631 Å². The molecule has 32 nitrogen and oxygen atoms in total. The van der Waals surface area contributed by atoms with Gasteiger partial charge in [-0.25, -0.2) is 22.8 Å². The van der Waals surface area contributed by atoms with Crippen molar-refractivity contribution in [3.63, 3.8) is 0 Å². The van der Waals surface area contributed by atoms with Crippen LogP contribution in [0.3, 0.4) is 0 Å². The Hall–Kier alpha value is -5.71. The molecule has 39 heteroatoms. The molecule has 99 heavy (non-hydrogen) atoms. The van der Waals surface area contributed by atoms with Gasteiger partial charge in [-0.15, -0.1) is 0 Å². The number of hydrogen-bond donors (Lipinski definition) is 0. The van der Waals surface area contributed by atoms with E-state index in [1.54, 1.807) is 185 Å². The van der Waals surface area contributed by atoms with Crippen molar-refractivity contribution in [3.8, 4) is 0 Å². The van der Waals surface area contributed by atoms with E-state index >= 15 is 0 Å². The van der Waals surface area contributed by atoms with Crippen LogP contribution in [-0.4, -0.2) is 431 Å². The zero-order chi connectivity index (χ0) is 84.6. The molecule has 0 radical (unpaired) electrons. The molecular formula is C60H141N13O19S7. The predicted octanol–water partition coefficient (Wildman–Crippen LogP) is 6.50. The van der Waals surface area contributed by atoms with E-state index in [0.29, 0.717) is 10.3 Å². The number of sulfone groups is 1. The van der Waals surface area contributed by atoms with Gasteiger partial charge in [-0.05, 0) is 96.7 Å². The molecular weight excluding hydrogens is 1430 g/mol. The third-order valence-corrected chi connectivity index (χ3v) is 9.83. The lowest BCUT2D eigenvalue weighted by atomic mass is 10.6. The first-order valence-electron chi connectivity index (χ1n) is 28.1. The number of nitrogens with zero attached hydrogens (tertiary/aromatic N) is 13. The summed E-state index contributed by atoms with van der Waals surface area (Å²) in [5, 5.41) is 2.07. The molecule has 0 aliphatic rings. The van der Waals surface area contributed by atoms with Crippen molar-refractivity contribution in [1.29, 1.82) is 0 Å². The van der Waals surface area contributed by atoms with Gasteiger partial charge in [-0.2, -0.15) is 11.8 Å². The summed E-state index contributed by atoms with van der Waals surface area (Å²) in [5.74, 6) is -0.139. The molecule has 0 aliphatic heterocycles. The molecule has 0 atom stereocenters. The smallest absolute Gasteiger partial charge is 0.408 e. The van der Waals surface area contributed by atoms with Crippen LogP contribution < -0.4 is 0 Å². The van der Waals surface area contributed by atoms with Crippen LogP contribution in [0.15, 0.2) is 0 Å². The summed E-state index contributed by atoms with van der Waals surface area (Å²) >= 11 is 18.5. The third-order valence-electron chi connectivity index (χ3n) is 6.60. The summed E-state index contributed by atoms with van der Waals surface area (Å²) in [6.07, 6.45) is 9.30. The number of amides is 8. The van der Waals surface area contributed by atoms with Gasteiger partial charge in [0.05, 0.1) is 42.7 Å². The lowest BCUT2D eigenvalue weighted by Gasteiger charge is -2.20. The maximum atomic E-state index is 10.7. The van der Waals surface area contributed by atoms with Gasteiger partial charge in [0.25, 0.3) is 20.8 Å². The molecule has 0 aromatic rings. The van der Waals surface area contributed by atoms with Gasteiger partial charge in [-0.3, -0.25) is 28.8 Å². The van der Waals surface area contributed by atoms with Crippen molar-refractivity contribution in [3.05, 3.63) is 0 Å². The molecule has 0 saturated carbocycles. The number of esters is 2. The summed E-state index contributed by atoms with van der Waals surface area (Å²) in [7, 11) is 57.4. The maximum Gasteiger partial charge on any atom is 0.408 e. The van der Waals surface area contributed by atoms with Crippen LogP contribution in [0.5, 0.6) is 0 Å². The molecule has 0 unspecified atom stereocenters. The van der Waals surface area contributed by atoms with Gasteiger partial charge >= 0.3 is 30.2 Å². The lowest BCUT2D eigenvalue weighted by Crippen LogP contribution is -2.33. The van der Waals surface area contributed by atoms with Crippen LogP contribution in [0.4, 0.5) is 24.0 Å². The number of hydrogen-bond acceptors (Lipinski definition) is 26. The van der Waals surface area contributed by atoms with Gasteiger partial charge in [0.2, 0.25) is 11.8 Å². The molecule has 0 rings (SSSR count). The number of ketones is 1. The molecule has 0 saturated heterocycles. The standard InChI is InChI=1S/C5H12N2O.C5H12N2S.2C4H9NO2.4C4H9NOS.2C4H9NO.C3H9N.2C3H6O2.C3H6O.C2H6O2S.C2H6O.C2H6S/c2*1-6(2)5(8)7(3)4;4*1-5(2)4(6)7-3;2*1-5(2)4(7)6-3;2*1-4(6)5(2)3;1-4(2)3;2*1-3(4)5-2;1-3(2)4;1-5(2,3)4;2*1-3-2/h2*1-4H3;6*1-3H3;2*1-3H3;1-3H3;2*1-2H3;1-2H3;1-2H3;2*1-2H3. The number of thiocarbonyl (C=S) groups is 3. The second-order valence-corrected chi connectivity index (χ2v) is 26.4. The van der Waals surface area contributed by atoms with Crippen LogP contribution in [0.25, 0.3) is 0 Å². The molecule has 0 spiro atoms. The van der Waals surface area contributed by atoms with Crippen LogP contribution in [0, 0.1) is 0 Å². The first kappa shape index (κ1) is 137. The number of carbonyl (C=O) groups is 10. The fourth-order valence-electron chi connectivity index (χ4n) is 1.90. The lowest BCUT2D eigenvalue weighted by molar-refractivity contribution is -0.138. The second-order valence-electron chi connectivity index (χ2n) is 20.8. The Morgan fingerprint density at radius 2 is 0.465 bits per heavy atom. The molecule has 8 amide bonds. The monoisotopic (exact) mass is 1570 g/mol. The molecule has 0 aliphatic carbocycles. The van der Waals surface area contributed by atoms with E-state index in [9.17, 15) is 56.4 Å². The Morgan fingerprint density at radius 3 is 0.465 bits per heavy atom. The van der Waals surface area contributed by atoms with Crippen LogP contribution in [0.2, 0.25) is 0 Å². The Morgan fingerprint density at radius 1 is 0.313 bits per heavy atom. The summed E-state index contributed by atoms with van der Waals surface area (Å²) in [4.78, 5) is 122. The fraction of sp³-hybridized carbons (Fsp3) is 0.783. The number of thioether (sulfide) groups is 3. The Bertz CT molecular complexity index is 1830. The largest absolute Gasteiger partial charge is 0.474 e. The number of ether oxygens (including phenoxy) is 7. The molecule has 0 bridgehead atoms. The van der Waals surface area contributed by atoms with Gasteiger partial charge in [0.15, 0.2) is 5.11 Å². The van der Waals surface area contributed by atoms with Crippen molar-refractivity contribution in [1.82, 2.24) is 63.7 Å². The van der Waals surface area contributed by atoms with Gasteiger partial charge in [-0.1, -0.05) is 23.5 Å². The van der Waals surface area contributed by atoms with E-state index in [0.717, 1.165) is 17.6 Å². The maximum absolute atomic E-state index is 10.7.